The van der Waals surface area contributed by atoms with Gasteiger partial charge in [-0.2, -0.15) is 5.01 Å². The number of aromatic nitrogens is 1. The molecular formula is C26H30FN7O3S. The Morgan fingerprint density at radius 1 is 1.24 bits per heavy atom. The fourth-order valence-electron chi connectivity index (χ4n) is 5.33. The molecule has 2 aromatic carbocycles. The second kappa shape index (κ2) is 10.2. The monoisotopic (exact) mass is 539 g/mol. The number of hydrogen-bond donors (Lipinski definition) is 2. The molecule has 0 unspecified atom stereocenters. The minimum Gasteiger partial charge on any atom is -0.375 e. The third-order valence-corrected chi connectivity index (χ3v) is 7.83. The number of fused-ring (bicyclic) bond motifs is 2. The topological polar surface area (TPSA) is 115 Å². The number of amides is 4. The summed E-state index contributed by atoms with van der Waals surface area (Å²) in [7, 11) is 1.54. The maximum absolute atomic E-state index is 13.9. The highest BCUT2D eigenvalue weighted by Crippen LogP contribution is 2.32. The van der Waals surface area contributed by atoms with Gasteiger partial charge in [-0.25, -0.2) is 14.2 Å². The summed E-state index contributed by atoms with van der Waals surface area (Å²) >= 11 is 1.38. The molecule has 1 aromatic heterocycles. The van der Waals surface area contributed by atoms with E-state index < -0.39 is 12.2 Å². The molecule has 5 rings (SSSR count). The van der Waals surface area contributed by atoms with Crippen LogP contribution < -0.4 is 11.1 Å². The van der Waals surface area contributed by atoms with Crippen molar-refractivity contribution in [1.82, 2.24) is 30.1 Å². The molecule has 2 aliphatic rings. The van der Waals surface area contributed by atoms with Gasteiger partial charge in [0.05, 0.1) is 23.3 Å². The van der Waals surface area contributed by atoms with Crippen molar-refractivity contribution in [3.8, 4) is 0 Å². The number of nitrogens with zero attached hydrogens (tertiary/aromatic N) is 5. The van der Waals surface area contributed by atoms with Crippen molar-refractivity contribution in [2.45, 2.75) is 45.1 Å². The molecule has 3 aromatic rings. The molecule has 10 nitrogen and oxygen atoms in total. The van der Waals surface area contributed by atoms with E-state index in [-0.39, 0.29) is 55.8 Å². The van der Waals surface area contributed by atoms with Gasteiger partial charge in [0.1, 0.15) is 18.0 Å². The molecule has 2 fully saturated rings. The van der Waals surface area contributed by atoms with Crippen LogP contribution in [0.5, 0.6) is 0 Å². The van der Waals surface area contributed by atoms with Gasteiger partial charge in [-0.15, -0.1) is 0 Å². The predicted octanol–water partition coefficient (Wildman–Crippen LogP) is 2.41. The number of nitrogens with one attached hydrogen (secondary N) is 1. The van der Waals surface area contributed by atoms with Gasteiger partial charge in [-0.05, 0) is 43.2 Å². The molecule has 0 bridgehead atoms. The first-order chi connectivity index (χ1) is 18.2. The van der Waals surface area contributed by atoms with Gasteiger partial charge in [0.2, 0.25) is 11.8 Å². The lowest BCUT2D eigenvalue weighted by atomic mass is 10.00. The Morgan fingerprint density at radius 2 is 1.97 bits per heavy atom. The van der Waals surface area contributed by atoms with Crippen LogP contribution >= 0.6 is 11.3 Å². The summed E-state index contributed by atoms with van der Waals surface area (Å²) < 4.78 is 14.5. The number of nitrogen functional groups attached to an aromatic ring is 1. The van der Waals surface area contributed by atoms with E-state index in [2.05, 4.69) is 10.3 Å². The average Bonchev–Trinajstić information content (AvgIpc) is 3.42. The first-order valence-corrected chi connectivity index (χ1v) is 13.3. The average molecular weight is 540 g/mol. The van der Waals surface area contributed by atoms with E-state index in [1.165, 1.54) is 28.5 Å². The number of thiazole rings is 1. The minimum atomic E-state index is -0.810. The summed E-state index contributed by atoms with van der Waals surface area (Å²) in [5.41, 5.74) is 8.28. The van der Waals surface area contributed by atoms with Crippen molar-refractivity contribution in [1.29, 1.82) is 0 Å². The van der Waals surface area contributed by atoms with Crippen LogP contribution in [0.1, 0.15) is 25.0 Å². The second-order valence-corrected chi connectivity index (χ2v) is 10.8. The number of carbonyl (C=O) groups is 3. The van der Waals surface area contributed by atoms with E-state index in [9.17, 15) is 18.8 Å². The van der Waals surface area contributed by atoms with E-state index in [4.69, 9.17) is 5.73 Å². The smallest absolute Gasteiger partial charge is 0.331 e. The summed E-state index contributed by atoms with van der Waals surface area (Å²) in [5.74, 6) is -0.823. The van der Waals surface area contributed by atoms with Gasteiger partial charge in [0.25, 0.3) is 0 Å². The Labute approximate surface area is 223 Å². The fraction of sp³-hybridized carbons (Fsp3) is 0.385. The summed E-state index contributed by atoms with van der Waals surface area (Å²) in [5, 5.41) is 6.38. The number of carbonyl (C=O) groups excluding carboxylic acids is 3. The van der Waals surface area contributed by atoms with Gasteiger partial charge < -0.3 is 20.9 Å². The molecule has 0 radical (unpaired) electrons. The Bertz CT molecular complexity index is 1380. The number of piperazine rings is 1. The maximum atomic E-state index is 13.9. The number of benzene rings is 2. The Balaban J connectivity index is 1.53. The Morgan fingerprint density at radius 3 is 2.66 bits per heavy atom. The van der Waals surface area contributed by atoms with Crippen molar-refractivity contribution >= 4 is 44.5 Å². The minimum absolute atomic E-state index is 0.0322. The van der Waals surface area contributed by atoms with Crippen LogP contribution in [0.2, 0.25) is 0 Å². The van der Waals surface area contributed by atoms with Gasteiger partial charge in [-0.3, -0.25) is 14.6 Å². The lowest BCUT2D eigenvalue weighted by molar-refractivity contribution is -0.158. The molecule has 4 amide bonds. The lowest BCUT2D eigenvalue weighted by Crippen LogP contribution is -2.66. The lowest BCUT2D eigenvalue weighted by Gasteiger charge is -2.47. The van der Waals surface area contributed by atoms with Crippen molar-refractivity contribution in [3.05, 3.63) is 59.4 Å². The van der Waals surface area contributed by atoms with Crippen molar-refractivity contribution < 1.29 is 18.8 Å². The van der Waals surface area contributed by atoms with Crippen LogP contribution in [-0.2, 0) is 22.6 Å². The summed E-state index contributed by atoms with van der Waals surface area (Å²) in [6.45, 7) is 4.19. The van der Waals surface area contributed by atoms with Gasteiger partial charge in [-0.1, -0.05) is 35.6 Å². The number of anilines is 1. The van der Waals surface area contributed by atoms with Crippen molar-refractivity contribution in [3.63, 3.8) is 0 Å². The molecule has 200 valence electrons. The van der Waals surface area contributed by atoms with E-state index in [0.717, 1.165) is 21.3 Å². The Hall–Kier alpha value is -3.77. The summed E-state index contributed by atoms with van der Waals surface area (Å²) in [6, 6.07) is 10.3. The van der Waals surface area contributed by atoms with Crippen molar-refractivity contribution in [2.24, 2.45) is 0 Å². The molecular weight excluding hydrogens is 509 g/mol. The largest absolute Gasteiger partial charge is 0.375 e. The van der Waals surface area contributed by atoms with E-state index in [0.29, 0.717) is 5.13 Å². The molecule has 12 heteroatoms. The molecule has 3 heterocycles. The molecule has 2 atom stereocenters. The number of urea groups is 1. The number of hydrazine groups is 1. The Kier molecular flexibility index (Phi) is 6.93. The van der Waals surface area contributed by atoms with Crippen LogP contribution in [0.4, 0.5) is 14.3 Å². The van der Waals surface area contributed by atoms with Crippen LogP contribution in [0.25, 0.3) is 10.2 Å². The van der Waals surface area contributed by atoms with Crippen LogP contribution in [0, 0.1) is 5.82 Å². The predicted molar refractivity (Wildman–Crippen MR) is 142 cm³/mol. The molecule has 3 N–H and O–H groups in total. The summed E-state index contributed by atoms with van der Waals surface area (Å²) in [6.07, 6.45) is -0.327. The quantitative estimate of drug-likeness (QED) is 0.497. The highest BCUT2D eigenvalue weighted by molar-refractivity contribution is 7.22. The molecule has 0 aliphatic carbocycles. The van der Waals surface area contributed by atoms with Crippen LogP contribution in [-0.4, -0.2) is 81.0 Å². The maximum Gasteiger partial charge on any atom is 0.331 e. The zero-order valence-electron chi connectivity index (χ0n) is 21.4. The first kappa shape index (κ1) is 25.9. The highest BCUT2D eigenvalue weighted by Gasteiger charge is 2.52. The van der Waals surface area contributed by atoms with E-state index in [1.54, 1.807) is 34.0 Å². The number of para-hydroxylation sites is 1. The van der Waals surface area contributed by atoms with Gasteiger partial charge >= 0.3 is 6.03 Å². The number of rotatable bonds is 6. The van der Waals surface area contributed by atoms with Crippen LogP contribution in [0.15, 0.2) is 42.5 Å². The number of hydrogen-bond acceptors (Lipinski definition) is 7. The molecule has 0 saturated carbocycles. The fourth-order valence-corrected chi connectivity index (χ4v) is 6.11. The van der Waals surface area contributed by atoms with E-state index in [1.807, 2.05) is 32.0 Å². The third kappa shape index (κ3) is 4.65. The highest BCUT2D eigenvalue weighted by atomic mass is 32.1. The molecule has 0 spiro atoms. The zero-order chi connectivity index (χ0) is 27.1. The normalized spacial score (nSPS) is 19.9. The van der Waals surface area contributed by atoms with Crippen molar-refractivity contribution in [2.75, 3.05) is 25.9 Å². The number of nitrogens with two attached hydrogens (primary N) is 1. The van der Waals surface area contributed by atoms with Gasteiger partial charge in [0, 0.05) is 26.1 Å². The first-order valence-electron chi connectivity index (χ1n) is 12.4. The molecule has 2 aliphatic heterocycles. The molecule has 2 saturated heterocycles. The zero-order valence-corrected chi connectivity index (χ0v) is 22.2. The van der Waals surface area contributed by atoms with Gasteiger partial charge in [0.15, 0.2) is 5.13 Å². The van der Waals surface area contributed by atoms with E-state index >= 15 is 0 Å². The summed E-state index contributed by atoms with van der Waals surface area (Å²) in [4.78, 5) is 47.9. The standard InChI is InChI=1S/C26H30FN7O3S/c1-15(2)34(26(37)29-3)32-14-22(35)33-19(11-16-7-9-18(27)10-8-16)24(36)31(13-21(32)33)12-17-5-4-6-20-23(17)30-25(28)38-20/h4-10,15,19,21H,11-14H2,1-3H3,(H2,28,30)(H,29,37)/t19-,21+/m0/s1. The van der Waals surface area contributed by atoms with Crippen LogP contribution in [0.3, 0.4) is 0 Å². The third-order valence-electron chi connectivity index (χ3n) is 6.98. The second-order valence-electron chi connectivity index (χ2n) is 9.75. The number of halogens is 1. The molecule has 38 heavy (non-hydrogen) atoms. The SMILES string of the molecule is CNC(=O)N(C(C)C)N1CC(=O)N2[C@@H](Cc3ccc(F)cc3)C(=O)N(Cc3cccc4sc(N)nc34)C[C@@H]21.